The first kappa shape index (κ1) is 22.5. The number of halogens is 1. The molecule has 8 heteroatoms. The van der Waals surface area contributed by atoms with E-state index in [1.807, 2.05) is 24.3 Å². The van der Waals surface area contributed by atoms with Crippen LogP contribution >= 0.6 is 24.0 Å². The highest BCUT2D eigenvalue weighted by Gasteiger charge is 2.20. The molecule has 1 aromatic carbocycles. The second kappa shape index (κ2) is 11.9. The summed E-state index contributed by atoms with van der Waals surface area (Å²) in [4.78, 5) is 9.57. The van der Waals surface area contributed by atoms with Gasteiger partial charge in [-0.15, -0.1) is 24.0 Å². The molecular formula is C20H30IN5O2. The minimum atomic E-state index is 0. The Morgan fingerprint density at radius 3 is 2.68 bits per heavy atom. The van der Waals surface area contributed by atoms with Crippen LogP contribution in [0.3, 0.4) is 0 Å². The fraction of sp³-hybridized carbons (Fsp3) is 0.500. The molecule has 0 radical (unpaired) electrons. The average Bonchev–Trinajstić information content (AvgIpc) is 3.21. The zero-order valence-corrected chi connectivity index (χ0v) is 19.0. The van der Waals surface area contributed by atoms with E-state index in [4.69, 9.17) is 14.3 Å². The van der Waals surface area contributed by atoms with Crippen molar-refractivity contribution in [2.75, 3.05) is 46.4 Å². The van der Waals surface area contributed by atoms with Crippen LogP contribution in [0.25, 0.3) is 0 Å². The van der Waals surface area contributed by atoms with Crippen molar-refractivity contribution in [3.05, 3.63) is 47.9 Å². The van der Waals surface area contributed by atoms with E-state index in [1.54, 1.807) is 13.4 Å². The highest BCUT2D eigenvalue weighted by atomic mass is 127. The van der Waals surface area contributed by atoms with Crippen molar-refractivity contribution in [1.29, 1.82) is 0 Å². The van der Waals surface area contributed by atoms with Crippen LogP contribution in [-0.2, 0) is 13.0 Å². The normalized spacial score (nSPS) is 15.2. The first-order valence-corrected chi connectivity index (χ1v) is 9.57. The lowest BCUT2D eigenvalue weighted by atomic mass is 10.1. The first-order chi connectivity index (χ1) is 13.3. The Balaban J connectivity index is 0.00000280. The van der Waals surface area contributed by atoms with Crippen molar-refractivity contribution in [1.82, 2.24) is 20.3 Å². The van der Waals surface area contributed by atoms with Gasteiger partial charge in [0.25, 0.3) is 0 Å². The number of rotatable bonds is 7. The third-order valence-electron chi connectivity index (χ3n) is 4.72. The molecule has 1 aromatic heterocycles. The number of piperazine rings is 1. The monoisotopic (exact) mass is 499 g/mol. The number of benzene rings is 1. The summed E-state index contributed by atoms with van der Waals surface area (Å²) >= 11 is 0. The van der Waals surface area contributed by atoms with Gasteiger partial charge in [0.05, 0.1) is 12.8 Å². The van der Waals surface area contributed by atoms with E-state index >= 15 is 0 Å². The molecule has 0 aliphatic carbocycles. The number of aromatic nitrogens is 1. The topological polar surface area (TPSA) is 66.1 Å². The molecule has 154 valence electrons. The molecule has 0 atom stereocenters. The Morgan fingerprint density at radius 2 is 2.00 bits per heavy atom. The Hall–Kier alpha value is -1.81. The molecule has 1 aliphatic heterocycles. The molecule has 0 bridgehead atoms. The zero-order chi connectivity index (χ0) is 18.9. The van der Waals surface area contributed by atoms with Crippen LogP contribution < -0.4 is 10.1 Å². The third-order valence-corrected chi connectivity index (χ3v) is 4.72. The number of guanidine groups is 1. The highest BCUT2D eigenvalue weighted by molar-refractivity contribution is 14.0. The predicted octanol–water partition coefficient (Wildman–Crippen LogP) is 2.63. The lowest BCUT2D eigenvalue weighted by Gasteiger charge is -2.36. The van der Waals surface area contributed by atoms with Gasteiger partial charge in [-0.2, -0.15) is 0 Å². The molecule has 1 fully saturated rings. The van der Waals surface area contributed by atoms with E-state index in [2.05, 4.69) is 33.3 Å². The largest absolute Gasteiger partial charge is 0.496 e. The van der Waals surface area contributed by atoms with Gasteiger partial charge < -0.3 is 19.5 Å². The second-order valence-corrected chi connectivity index (χ2v) is 6.55. The van der Waals surface area contributed by atoms with Crippen LogP contribution in [0.2, 0.25) is 0 Å². The number of nitrogens with zero attached hydrogens (tertiary/aromatic N) is 4. The van der Waals surface area contributed by atoms with E-state index < -0.39 is 0 Å². The number of aliphatic imine (C=N–C) groups is 1. The SMILES string of the molecule is CCNC(=NCCc1ccccc1OC)N1CCN(Cc2ccon2)CC1.I. The van der Waals surface area contributed by atoms with Crippen molar-refractivity contribution in [2.45, 2.75) is 19.9 Å². The van der Waals surface area contributed by atoms with Gasteiger partial charge in [0.2, 0.25) is 0 Å². The molecule has 0 spiro atoms. The lowest BCUT2D eigenvalue weighted by molar-refractivity contribution is 0.169. The van der Waals surface area contributed by atoms with Crippen LogP contribution in [0.1, 0.15) is 18.2 Å². The molecule has 28 heavy (non-hydrogen) atoms. The molecule has 1 saturated heterocycles. The van der Waals surface area contributed by atoms with E-state index in [0.717, 1.165) is 69.6 Å². The van der Waals surface area contributed by atoms with Gasteiger partial charge in [-0.1, -0.05) is 23.4 Å². The number of hydrogen-bond donors (Lipinski definition) is 1. The Labute approximate surface area is 184 Å². The van der Waals surface area contributed by atoms with Crippen LogP contribution in [0.5, 0.6) is 5.75 Å². The van der Waals surface area contributed by atoms with E-state index in [-0.39, 0.29) is 24.0 Å². The van der Waals surface area contributed by atoms with Crippen LogP contribution in [0.15, 0.2) is 46.1 Å². The van der Waals surface area contributed by atoms with Gasteiger partial charge in [-0.25, -0.2) is 0 Å². The van der Waals surface area contributed by atoms with Crippen molar-refractivity contribution < 1.29 is 9.26 Å². The Kier molecular flexibility index (Phi) is 9.56. The van der Waals surface area contributed by atoms with E-state index in [9.17, 15) is 0 Å². The van der Waals surface area contributed by atoms with Gasteiger partial charge in [-0.3, -0.25) is 9.89 Å². The van der Waals surface area contributed by atoms with Crippen molar-refractivity contribution >= 4 is 29.9 Å². The molecule has 0 amide bonds. The molecule has 7 nitrogen and oxygen atoms in total. The lowest BCUT2D eigenvalue weighted by Crippen LogP contribution is -2.52. The quantitative estimate of drug-likeness (QED) is 0.359. The maximum absolute atomic E-state index is 5.43. The Bertz CT molecular complexity index is 715. The summed E-state index contributed by atoms with van der Waals surface area (Å²) in [6.07, 6.45) is 2.49. The summed E-state index contributed by atoms with van der Waals surface area (Å²) in [5, 5.41) is 7.43. The Morgan fingerprint density at radius 1 is 1.21 bits per heavy atom. The summed E-state index contributed by atoms with van der Waals surface area (Å²) in [6, 6.07) is 10.1. The number of para-hydroxylation sites is 1. The summed E-state index contributed by atoms with van der Waals surface area (Å²) < 4.78 is 10.3. The fourth-order valence-corrected chi connectivity index (χ4v) is 3.28. The number of hydrogen-bond acceptors (Lipinski definition) is 5. The maximum Gasteiger partial charge on any atom is 0.194 e. The zero-order valence-electron chi connectivity index (χ0n) is 16.6. The fourth-order valence-electron chi connectivity index (χ4n) is 3.28. The molecule has 3 rings (SSSR count). The van der Waals surface area contributed by atoms with Crippen LogP contribution in [0.4, 0.5) is 0 Å². The molecule has 1 aliphatic rings. The molecular weight excluding hydrogens is 469 g/mol. The average molecular weight is 499 g/mol. The standard InChI is InChI=1S/C20H29N5O2.HI/c1-3-21-20(22-10-8-17-6-4-5-7-19(17)26-2)25-13-11-24(12-14-25)16-18-9-15-27-23-18;/h4-7,9,15H,3,8,10-14,16H2,1-2H3,(H,21,22);1H. The minimum absolute atomic E-state index is 0. The van der Waals surface area contributed by atoms with Gasteiger partial charge in [0.1, 0.15) is 12.0 Å². The highest BCUT2D eigenvalue weighted by Crippen LogP contribution is 2.17. The van der Waals surface area contributed by atoms with Gasteiger partial charge >= 0.3 is 0 Å². The number of nitrogens with one attached hydrogen (secondary N) is 1. The van der Waals surface area contributed by atoms with Gasteiger partial charge in [-0.05, 0) is 25.0 Å². The first-order valence-electron chi connectivity index (χ1n) is 9.57. The van der Waals surface area contributed by atoms with E-state index in [1.165, 1.54) is 5.56 Å². The summed E-state index contributed by atoms with van der Waals surface area (Å²) in [5.41, 5.74) is 2.18. The molecule has 2 aromatic rings. The number of methoxy groups -OCH3 is 1. The van der Waals surface area contributed by atoms with Gasteiger partial charge in [0.15, 0.2) is 5.96 Å². The van der Waals surface area contributed by atoms with E-state index in [0.29, 0.717) is 0 Å². The smallest absolute Gasteiger partial charge is 0.194 e. The summed E-state index contributed by atoms with van der Waals surface area (Å²) in [6.45, 7) is 8.45. The summed E-state index contributed by atoms with van der Waals surface area (Å²) in [5.74, 6) is 1.92. The molecule has 0 unspecified atom stereocenters. The number of ether oxygens (including phenoxy) is 1. The second-order valence-electron chi connectivity index (χ2n) is 6.55. The van der Waals surface area contributed by atoms with Crippen LogP contribution in [-0.4, -0.2) is 67.3 Å². The minimum Gasteiger partial charge on any atom is -0.496 e. The van der Waals surface area contributed by atoms with Crippen molar-refractivity contribution in [3.8, 4) is 5.75 Å². The molecule has 0 saturated carbocycles. The molecule has 1 N–H and O–H groups in total. The maximum atomic E-state index is 5.43. The van der Waals surface area contributed by atoms with Crippen LogP contribution in [0, 0.1) is 0 Å². The van der Waals surface area contributed by atoms with Crippen molar-refractivity contribution in [2.24, 2.45) is 4.99 Å². The third kappa shape index (κ3) is 6.37. The van der Waals surface area contributed by atoms with Crippen molar-refractivity contribution in [3.63, 3.8) is 0 Å². The molecule has 2 heterocycles. The summed E-state index contributed by atoms with van der Waals surface area (Å²) in [7, 11) is 1.71. The predicted molar refractivity (Wildman–Crippen MR) is 121 cm³/mol. The van der Waals surface area contributed by atoms with Gasteiger partial charge in [0, 0.05) is 51.9 Å².